The smallest absolute Gasteiger partial charge is 0.449 e. The Labute approximate surface area is 94.8 Å². The van der Waals surface area contributed by atoms with Crippen molar-refractivity contribution in [3.63, 3.8) is 0 Å². The lowest BCUT2D eigenvalue weighted by Crippen LogP contribution is -2.16. The Balaban J connectivity index is 2.78. The van der Waals surface area contributed by atoms with Crippen LogP contribution in [-0.4, -0.2) is 5.33 Å². The zero-order valence-electron chi connectivity index (χ0n) is 8.49. The van der Waals surface area contributed by atoms with Crippen LogP contribution < -0.4 is 0 Å². The quantitative estimate of drug-likeness (QED) is 0.756. The molecule has 0 aliphatic carbocycles. The fourth-order valence-corrected chi connectivity index (χ4v) is 1.34. The predicted octanol–water partition coefficient (Wildman–Crippen LogP) is 4.26. The molecule has 0 bridgehead atoms. The minimum Gasteiger partial charge on any atom is -0.456 e. The maximum atomic E-state index is 12.2. The van der Waals surface area contributed by atoms with Crippen molar-refractivity contribution in [1.82, 2.24) is 0 Å². The molecule has 0 aliphatic heterocycles. The first-order valence-electron chi connectivity index (χ1n) is 4.46. The van der Waals surface area contributed by atoms with Crippen LogP contribution in [0.15, 0.2) is 16.5 Å². The first-order chi connectivity index (χ1) is 6.74. The van der Waals surface area contributed by atoms with E-state index in [1.54, 1.807) is 0 Å². The molecule has 5 heteroatoms. The maximum Gasteiger partial charge on any atom is 0.449 e. The van der Waals surface area contributed by atoms with Crippen LogP contribution in [0.4, 0.5) is 13.2 Å². The minimum absolute atomic E-state index is 0.110. The Morgan fingerprint density at radius 3 is 2.27 bits per heavy atom. The van der Waals surface area contributed by atoms with Crippen molar-refractivity contribution in [2.24, 2.45) is 5.41 Å². The van der Waals surface area contributed by atoms with Crippen LogP contribution in [0, 0.1) is 5.41 Å². The summed E-state index contributed by atoms with van der Waals surface area (Å²) < 4.78 is 41.4. The van der Waals surface area contributed by atoms with E-state index in [9.17, 15) is 13.2 Å². The van der Waals surface area contributed by atoms with Crippen molar-refractivity contribution >= 4 is 15.9 Å². The van der Waals surface area contributed by atoms with E-state index in [4.69, 9.17) is 4.42 Å². The van der Waals surface area contributed by atoms with E-state index in [1.165, 1.54) is 6.07 Å². The molecule has 86 valence electrons. The van der Waals surface area contributed by atoms with Crippen molar-refractivity contribution in [1.29, 1.82) is 0 Å². The van der Waals surface area contributed by atoms with Crippen LogP contribution in [0.1, 0.15) is 25.4 Å². The fourth-order valence-electron chi connectivity index (χ4n) is 1.14. The second-order valence-electron chi connectivity index (χ2n) is 4.24. The SMILES string of the molecule is CC(C)(CBr)Cc1ccc(C(F)(F)F)o1. The molecule has 0 fully saturated rings. The number of hydrogen-bond donors (Lipinski definition) is 0. The van der Waals surface area contributed by atoms with Crippen molar-refractivity contribution in [2.45, 2.75) is 26.4 Å². The van der Waals surface area contributed by atoms with Gasteiger partial charge in [-0.05, 0) is 17.5 Å². The third-order valence-electron chi connectivity index (χ3n) is 1.96. The molecule has 0 N–H and O–H groups in total. The number of rotatable bonds is 3. The largest absolute Gasteiger partial charge is 0.456 e. The first-order valence-corrected chi connectivity index (χ1v) is 5.59. The molecule has 0 unspecified atom stereocenters. The molecular formula is C10H12BrF3O. The molecule has 1 heterocycles. The van der Waals surface area contributed by atoms with Crippen LogP contribution in [0.3, 0.4) is 0 Å². The molecule has 1 aromatic heterocycles. The van der Waals surface area contributed by atoms with Crippen molar-refractivity contribution in [3.05, 3.63) is 23.7 Å². The lowest BCUT2D eigenvalue weighted by molar-refractivity contribution is -0.153. The summed E-state index contributed by atoms with van der Waals surface area (Å²) in [4.78, 5) is 0. The number of halogens is 4. The summed E-state index contributed by atoms with van der Waals surface area (Å²) in [5.74, 6) is -0.561. The van der Waals surface area contributed by atoms with E-state index in [2.05, 4.69) is 15.9 Å². The monoisotopic (exact) mass is 284 g/mol. The highest BCUT2D eigenvalue weighted by Gasteiger charge is 2.35. The van der Waals surface area contributed by atoms with Gasteiger partial charge in [-0.15, -0.1) is 0 Å². The van der Waals surface area contributed by atoms with Gasteiger partial charge in [0.25, 0.3) is 0 Å². The normalized spacial score (nSPS) is 13.2. The minimum atomic E-state index is -4.39. The first kappa shape index (κ1) is 12.6. The average molecular weight is 285 g/mol. The van der Waals surface area contributed by atoms with Crippen LogP contribution in [0.2, 0.25) is 0 Å². The lowest BCUT2D eigenvalue weighted by Gasteiger charge is -2.19. The van der Waals surface area contributed by atoms with Gasteiger partial charge in [0, 0.05) is 11.8 Å². The van der Waals surface area contributed by atoms with E-state index in [0.29, 0.717) is 17.5 Å². The highest BCUT2D eigenvalue weighted by Crippen LogP contribution is 2.32. The van der Waals surface area contributed by atoms with Gasteiger partial charge in [0.15, 0.2) is 0 Å². The Hall–Kier alpha value is -0.450. The van der Waals surface area contributed by atoms with Crippen LogP contribution in [0.5, 0.6) is 0 Å². The zero-order valence-corrected chi connectivity index (χ0v) is 10.1. The summed E-state index contributed by atoms with van der Waals surface area (Å²) in [7, 11) is 0. The van der Waals surface area contributed by atoms with Gasteiger partial charge in [-0.1, -0.05) is 29.8 Å². The molecule has 0 atom stereocenters. The third-order valence-corrected chi connectivity index (χ3v) is 3.47. The van der Waals surface area contributed by atoms with Gasteiger partial charge in [0.05, 0.1) is 0 Å². The van der Waals surface area contributed by atoms with Gasteiger partial charge < -0.3 is 4.42 Å². The number of hydrogen-bond acceptors (Lipinski definition) is 1. The predicted molar refractivity (Wildman–Crippen MR) is 55.0 cm³/mol. The number of furan rings is 1. The van der Waals surface area contributed by atoms with Crippen LogP contribution in [-0.2, 0) is 12.6 Å². The summed E-state index contributed by atoms with van der Waals surface area (Å²) in [5.41, 5.74) is -0.110. The molecule has 0 aromatic carbocycles. The van der Waals surface area contributed by atoms with Gasteiger partial charge in [0.2, 0.25) is 5.76 Å². The van der Waals surface area contributed by atoms with E-state index in [1.807, 2.05) is 13.8 Å². The Kier molecular flexibility index (Phi) is 3.53. The maximum absolute atomic E-state index is 12.2. The van der Waals surface area contributed by atoms with Crippen LogP contribution in [0.25, 0.3) is 0 Å². The summed E-state index contributed by atoms with van der Waals surface area (Å²) in [5, 5.41) is 0.710. The van der Waals surface area contributed by atoms with Gasteiger partial charge in [-0.3, -0.25) is 0 Å². The molecule has 0 radical (unpaired) electrons. The zero-order chi connectivity index (χ0) is 11.7. The van der Waals surface area contributed by atoms with Gasteiger partial charge >= 0.3 is 6.18 Å². The molecule has 1 nitrogen and oxygen atoms in total. The molecular weight excluding hydrogens is 273 g/mol. The van der Waals surface area contributed by atoms with Crippen molar-refractivity contribution < 1.29 is 17.6 Å². The average Bonchev–Trinajstić information content (AvgIpc) is 2.51. The molecule has 0 saturated heterocycles. The highest BCUT2D eigenvalue weighted by molar-refractivity contribution is 9.09. The van der Waals surface area contributed by atoms with Gasteiger partial charge in [-0.2, -0.15) is 13.2 Å². The summed E-state index contributed by atoms with van der Waals surface area (Å²) in [6, 6.07) is 2.35. The molecule has 0 aliphatic rings. The Bertz CT molecular complexity index is 328. The summed E-state index contributed by atoms with van der Waals surface area (Å²) >= 11 is 3.31. The van der Waals surface area contributed by atoms with Gasteiger partial charge in [0.1, 0.15) is 5.76 Å². The van der Waals surface area contributed by atoms with Crippen LogP contribution >= 0.6 is 15.9 Å². The Morgan fingerprint density at radius 1 is 1.27 bits per heavy atom. The standard InChI is InChI=1S/C10H12BrF3O/c1-9(2,6-11)5-7-3-4-8(15-7)10(12,13)14/h3-4H,5-6H2,1-2H3. The Morgan fingerprint density at radius 2 is 1.87 bits per heavy atom. The lowest BCUT2D eigenvalue weighted by atomic mass is 9.91. The third kappa shape index (κ3) is 3.55. The second-order valence-corrected chi connectivity index (χ2v) is 4.80. The molecule has 1 rings (SSSR count). The van der Waals surface area contributed by atoms with Gasteiger partial charge in [-0.25, -0.2) is 0 Å². The van der Waals surface area contributed by atoms with E-state index in [-0.39, 0.29) is 5.41 Å². The summed E-state index contributed by atoms with van der Waals surface area (Å²) in [6.45, 7) is 3.91. The number of alkyl halides is 4. The molecule has 1 aromatic rings. The molecule has 15 heavy (non-hydrogen) atoms. The van der Waals surface area contributed by atoms with E-state index < -0.39 is 11.9 Å². The molecule has 0 spiro atoms. The molecule has 0 amide bonds. The summed E-state index contributed by atoms with van der Waals surface area (Å²) in [6.07, 6.45) is -3.91. The topological polar surface area (TPSA) is 13.1 Å². The van der Waals surface area contributed by atoms with Crippen molar-refractivity contribution in [2.75, 3.05) is 5.33 Å². The highest BCUT2D eigenvalue weighted by atomic mass is 79.9. The molecule has 0 saturated carbocycles. The fraction of sp³-hybridized carbons (Fsp3) is 0.600. The second kappa shape index (κ2) is 4.20. The van der Waals surface area contributed by atoms with E-state index in [0.717, 1.165) is 6.07 Å². The van der Waals surface area contributed by atoms with Crippen molar-refractivity contribution in [3.8, 4) is 0 Å². The van der Waals surface area contributed by atoms with E-state index >= 15 is 0 Å².